The topological polar surface area (TPSA) is 87.3 Å². The van der Waals surface area contributed by atoms with E-state index in [0.29, 0.717) is 16.6 Å². The summed E-state index contributed by atoms with van der Waals surface area (Å²) < 4.78 is 66.1. The second-order valence-corrected chi connectivity index (χ2v) is 9.41. The number of anilines is 1. The first kappa shape index (κ1) is 21.6. The largest absolute Gasteiger partial charge is 0.417 e. The van der Waals surface area contributed by atoms with E-state index in [9.17, 15) is 26.9 Å². The minimum atomic E-state index is -4.75. The maximum absolute atomic E-state index is 13.7. The summed E-state index contributed by atoms with van der Waals surface area (Å²) in [5, 5.41) is 12.5. The fraction of sp³-hybridized carbons (Fsp3) is 0.182. The molecular weight excluding hydrogens is 441 g/mol. The zero-order chi connectivity index (χ0) is 23.3. The minimum Gasteiger partial charge on any atom is -0.365 e. The summed E-state index contributed by atoms with van der Waals surface area (Å²) in [7, 11) is -3.37. The summed E-state index contributed by atoms with van der Waals surface area (Å²) >= 11 is 0. The Morgan fingerprint density at radius 1 is 1.12 bits per heavy atom. The number of pyridine rings is 1. The Bertz CT molecular complexity index is 1480. The van der Waals surface area contributed by atoms with Crippen molar-refractivity contribution in [3.63, 3.8) is 0 Å². The molecule has 4 aromatic rings. The van der Waals surface area contributed by atoms with E-state index >= 15 is 0 Å². The van der Waals surface area contributed by atoms with Gasteiger partial charge in [0.2, 0.25) is 0 Å². The number of rotatable bonds is 4. The van der Waals surface area contributed by atoms with Crippen molar-refractivity contribution in [3.05, 3.63) is 71.3 Å². The average Bonchev–Trinajstić information content (AvgIpc) is 3.12. The van der Waals surface area contributed by atoms with Crippen LogP contribution in [0.2, 0.25) is 0 Å². The van der Waals surface area contributed by atoms with Gasteiger partial charge in [-0.25, -0.2) is 13.4 Å². The van der Waals surface area contributed by atoms with Gasteiger partial charge in [-0.05, 0) is 42.8 Å². The molecule has 0 saturated carbocycles. The Kier molecular flexibility index (Phi) is 5.09. The number of hydrogen-bond acceptors (Lipinski definition) is 5. The maximum atomic E-state index is 13.7. The molecule has 4 rings (SSSR count). The van der Waals surface area contributed by atoms with Crippen molar-refractivity contribution in [1.29, 1.82) is 5.26 Å². The van der Waals surface area contributed by atoms with Gasteiger partial charge in [-0.1, -0.05) is 24.3 Å². The van der Waals surface area contributed by atoms with Crippen LogP contribution in [0.15, 0.2) is 59.5 Å². The van der Waals surface area contributed by atoms with Crippen molar-refractivity contribution >= 4 is 32.3 Å². The molecule has 0 bridgehead atoms. The highest BCUT2D eigenvalue weighted by Gasteiger charge is 2.36. The van der Waals surface area contributed by atoms with Gasteiger partial charge in [-0.15, -0.1) is 0 Å². The molecule has 6 nitrogen and oxygen atoms in total. The number of hydrogen-bond donors (Lipinski definition) is 1. The van der Waals surface area contributed by atoms with Crippen molar-refractivity contribution in [2.75, 3.05) is 11.6 Å². The van der Waals surface area contributed by atoms with E-state index in [1.807, 2.05) is 0 Å². The number of alkyl halides is 3. The van der Waals surface area contributed by atoms with Gasteiger partial charge in [0.1, 0.15) is 17.5 Å². The van der Waals surface area contributed by atoms with Gasteiger partial charge in [0.15, 0.2) is 15.5 Å². The quantitative estimate of drug-likeness (QED) is 0.467. The summed E-state index contributed by atoms with van der Waals surface area (Å²) in [6.07, 6.45) is -3.65. The SMILES string of the molecule is CC(Nc1cc(C(F)(F)F)c(C#N)c2nc3ccccc3n12)c1ccc(S(C)(=O)=O)cc1. The molecule has 0 fully saturated rings. The summed E-state index contributed by atoms with van der Waals surface area (Å²) in [4.78, 5) is 4.42. The Morgan fingerprint density at radius 3 is 2.38 bits per heavy atom. The number of fused-ring (bicyclic) bond motifs is 3. The molecule has 10 heteroatoms. The molecule has 2 heterocycles. The second kappa shape index (κ2) is 7.53. The Balaban J connectivity index is 1.89. The number of nitrogens with one attached hydrogen (secondary N) is 1. The lowest BCUT2D eigenvalue weighted by atomic mass is 10.1. The fourth-order valence-corrected chi connectivity index (χ4v) is 4.21. The van der Waals surface area contributed by atoms with Gasteiger partial charge in [-0.3, -0.25) is 4.40 Å². The highest BCUT2D eigenvalue weighted by atomic mass is 32.2. The molecule has 0 aliphatic carbocycles. The Hall–Kier alpha value is -3.58. The van der Waals surface area contributed by atoms with Crippen LogP contribution in [0.1, 0.15) is 29.7 Å². The predicted octanol–water partition coefficient (Wildman–Crippen LogP) is 4.95. The van der Waals surface area contributed by atoms with Crippen molar-refractivity contribution in [3.8, 4) is 6.07 Å². The molecule has 0 saturated heterocycles. The van der Waals surface area contributed by atoms with Crippen molar-refractivity contribution < 1.29 is 21.6 Å². The lowest BCUT2D eigenvalue weighted by Gasteiger charge is -2.20. The summed E-state index contributed by atoms with van der Waals surface area (Å²) in [5.74, 6) is 0.111. The van der Waals surface area contributed by atoms with Crippen LogP contribution in [0, 0.1) is 11.3 Å². The molecule has 164 valence electrons. The van der Waals surface area contributed by atoms with Crippen LogP contribution in [0.5, 0.6) is 0 Å². The van der Waals surface area contributed by atoms with Crippen LogP contribution in [0.25, 0.3) is 16.7 Å². The van der Waals surface area contributed by atoms with Crippen molar-refractivity contribution in [1.82, 2.24) is 9.38 Å². The standard InChI is InChI=1S/C22H17F3N4O2S/c1-13(14-7-9-15(10-8-14)32(2,30)31)27-20-11-17(22(23,24)25)16(12-26)21-28-18-5-3-4-6-19(18)29(20)21/h3-11,13,27H,1-2H3. The number of nitriles is 1. The van der Waals surface area contributed by atoms with Gasteiger partial charge in [0.25, 0.3) is 0 Å². The normalized spacial score (nSPS) is 13.2. The lowest BCUT2D eigenvalue weighted by Crippen LogP contribution is -2.15. The van der Waals surface area contributed by atoms with E-state index in [1.54, 1.807) is 49.4 Å². The van der Waals surface area contributed by atoms with Gasteiger partial charge in [0.05, 0.1) is 21.5 Å². The Morgan fingerprint density at radius 2 is 1.78 bits per heavy atom. The molecule has 1 atom stereocenters. The van der Waals surface area contributed by atoms with Crippen LogP contribution >= 0.6 is 0 Å². The van der Waals surface area contributed by atoms with Crippen LogP contribution in [0.3, 0.4) is 0 Å². The van der Waals surface area contributed by atoms with E-state index in [2.05, 4.69) is 10.3 Å². The summed E-state index contributed by atoms with van der Waals surface area (Å²) in [5.41, 5.74) is -0.0424. The zero-order valence-corrected chi connectivity index (χ0v) is 17.8. The molecule has 2 aromatic carbocycles. The number of sulfone groups is 1. The van der Waals surface area contributed by atoms with Crippen LogP contribution in [-0.2, 0) is 16.0 Å². The Labute approximate surface area is 181 Å². The summed E-state index contributed by atoms with van der Waals surface area (Å²) in [6, 6.07) is 15.0. The molecule has 0 aliphatic heterocycles. The summed E-state index contributed by atoms with van der Waals surface area (Å²) in [6.45, 7) is 1.74. The highest BCUT2D eigenvalue weighted by molar-refractivity contribution is 7.90. The number of benzene rings is 2. The van der Waals surface area contributed by atoms with E-state index in [-0.39, 0.29) is 16.4 Å². The molecule has 2 aromatic heterocycles. The average molecular weight is 458 g/mol. The molecule has 0 radical (unpaired) electrons. The molecular formula is C22H17F3N4O2S. The monoisotopic (exact) mass is 458 g/mol. The highest BCUT2D eigenvalue weighted by Crippen LogP contribution is 2.37. The van der Waals surface area contributed by atoms with Crippen molar-refractivity contribution in [2.45, 2.75) is 24.0 Å². The zero-order valence-electron chi connectivity index (χ0n) is 17.0. The first-order valence-electron chi connectivity index (χ1n) is 9.49. The maximum Gasteiger partial charge on any atom is 0.417 e. The van der Waals surface area contributed by atoms with Crippen LogP contribution in [-0.4, -0.2) is 24.1 Å². The third kappa shape index (κ3) is 3.76. The third-order valence-electron chi connectivity index (χ3n) is 5.17. The lowest BCUT2D eigenvalue weighted by molar-refractivity contribution is -0.137. The van der Waals surface area contributed by atoms with Gasteiger partial charge in [0, 0.05) is 12.3 Å². The van der Waals surface area contributed by atoms with E-state index in [0.717, 1.165) is 12.3 Å². The van der Waals surface area contributed by atoms with E-state index in [4.69, 9.17) is 0 Å². The molecule has 1 unspecified atom stereocenters. The van der Waals surface area contributed by atoms with Crippen molar-refractivity contribution in [2.24, 2.45) is 0 Å². The number of para-hydroxylation sites is 2. The third-order valence-corrected chi connectivity index (χ3v) is 6.29. The number of nitrogens with zero attached hydrogens (tertiary/aromatic N) is 3. The smallest absolute Gasteiger partial charge is 0.365 e. The fourth-order valence-electron chi connectivity index (χ4n) is 3.58. The molecule has 32 heavy (non-hydrogen) atoms. The van der Waals surface area contributed by atoms with E-state index < -0.39 is 33.2 Å². The second-order valence-electron chi connectivity index (χ2n) is 7.39. The van der Waals surface area contributed by atoms with Gasteiger partial charge >= 0.3 is 6.18 Å². The number of imidazole rings is 1. The van der Waals surface area contributed by atoms with Crippen LogP contribution < -0.4 is 5.32 Å². The van der Waals surface area contributed by atoms with Gasteiger partial charge in [-0.2, -0.15) is 18.4 Å². The number of aromatic nitrogens is 2. The first-order valence-corrected chi connectivity index (χ1v) is 11.4. The predicted molar refractivity (Wildman–Crippen MR) is 114 cm³/mol. The molecule has 0 aliphatic rings. The minimum absolute atomic E-state index is 0.0920. The molecule has 0 amide bonds. The van der Waals surface area contributed by atoms with Crippen LogP contribution in [0.4, 0.5) is 19.0 Å². The number of halogens is 3. The first-order chi connectivity index (χ1) is 15.0. The molecule has 1 N–H and O–H groups in total. The van der Waals surface area contributed by atoms with E-state index in [1.165, 1.54) is 16.5 Å². The van der Waals surface area contributed by atoms with Gasteiger partial charge < -0.3 is 5.32 Å². The molecule has 0 spiro atoms.